The highest BCUT2D eigenvalue weighted by molar-refractivity contribution is 5.81. The highest BCUT2D eigenvalue weighted by atomic mass is 19.1. The molecule has 1 fully saturated rings. The molecule has 1 unspecified atom stereocenters. The molecule has 0 N–H and O–H groups in total. The number of nitrogens with zero attached hydrogens (tertiary/aromatic N) is 4. The standard InChI is InChI=1S/C36H43FN4O5/c1-23-31(32(34(42)43-6)46-35(2,3)4)33-40-16-14-36(5,15-17-40)45-19-8-7-18-44-29-13-12-26(37)21-27(29)24-10-9-11-25(20-24)28-22-30(38-23)41(33)39-28/h9-13,20-22,32H,7-8,14-19H2,1-6H3. The van der Waals surface area contributed by atoms with Crippen LogP contribution in [0, 0.1) is 12.7 Å². The van der Waals surface area contributed by atoms with Gasteiger partial charge < -0.3 is 23.8 Å². The zero-order valence-electron chi connectivity index (χ0n) is 27.6. The van der Waals surface area contributed by atoms with Gasteiger partial charge in [0, 0.05) is 42.6 Å². The smallest absolute Gasteiger partial charge is 0.339 e. The van der Waals surface area contributed by atoms with E-state index >= 15 is 0 Å². The highest BCUT2D eigenvalue weighted by Gasteiger charge is 2.38. The lowest BCUT2D eigenvalue weighted by Crippen LogP contribution is -2.46. The topological polar surface area (TPSA) is 87.4 Å². The van der Waals surface area contributed by atoms with Gasteiger partial charge in [0.1, 0.15) is 17.4 Å². The number of benzene rings is 2. The summed E-state index contributed by atoms with van der Waals surface area (Å²) in [5.41, 5.74) is 4.05. The highest BCUT2D eigenvalue weighted by Crippen LogP contribution is 2.39. The van der Waals surface area contributed by atoms with Crippen LogP contribution in [0.25, 0.3) is 28.0 Å². The Bertz CT molecular complexity index is 1740. The molecule has 1 atom stereocenters. The average Bonchev–Trinajstić information content (AvgIpc) is 3.44. The lowest BCUT2D eigenvalue weighted by Gasteiger charge is -2.41. The molecule has 7 rings (SSSR count). The number of rotatable bonds is 3. The number of halogens is 1. The second-order valence-corrected chi connectivity index (χ2v) is 13.4. The quantitative estimate of drug-likeness (QED) is 0.222. The third-order valence-electron chi connectivity index (χ3n) is 8.73. The monoisotopic (exact) mass is 630 g/mol. The van der Waals surface area contributed by atoms with Crippen LogP contribution in [0.2, 0.25) is 0 Å². The number of hydrogen-bond donors (Lipinski definition) is 0. The lowest BCUT2D eigenvalue weighted by atomic mass is 9.92. The summed E-state index contributed by atoms with van der Waals surface area (Å²) in [6, 6.07) is 14.4. The van der Waals surface area contributed by atoms with Gasteiger partial charge in [-0.2, -0.15) is 9.61 Å². The Morgan fingerprint density at radius 1 is 1.04 bits per heavy atom. The van der Waals surface area contributed by atoms with E-state index in [1.807, 2.05) is 62.5 Å². The molecule has 0 amide bonds. The number of anilines is 1. The maximum absolute atomic E-state index is 14.5. The third-order valence-corrected chi connectivity index (χ3v) is 8.73. The van der Waals surface area contributed by atoms with Crippen LogP contribution < -0.4 is 9.64 Å². The molecule has 6 bridgehead atoms. The molecule has 3 aliphatic heterocycles. The first-order valence-corrected chi connectivity index (χ1v) is 16.0. The van der Waals surface area contributed by atoms with Crippen LogP contribution >= 0.6 is 0 Å². The zero-order valence-corrected chi connectivity index (χ0v) is 27.6. The molecular weight excluding hydrogens is 587 g/mol. The molecule has 46 heavy (non-hydrogen) atoms. The van der Waals surface area contributed by atoms with E-state index in [9.17, 15) is 9.18 Å². The van der Waals surface area contributed by atoms with Crippen molar-refractivity contribution in [2.24, 2.45) is 0 Å². The number of aryl methyl sites for hydroxylation is 1. The Hall–Kier alpha value is -4.02. The number of aromatic nitrogens is 3. The van der Waals surface area contributed by atoms with E-state index in [1.165, 1.54) is 19.2 Å². The van der Waals surface area contributed by atoms with Crippen molar-refractivity contribution in [1.82, 2.24) is 14.6 Å². The van der Waals surface area contributed by atoms with Crippen LogP contribution in [-0.2, 0) is 19.0 Å². The van der Waals surface area contributed by atoms with Gasteiger partial charge in [-0.1, -0.05) is 18.2 Å². The van der Waals surface area contributed by atoms with Crippen molar-refractivity contribution in [2.45, 2.75) is 77.6 Å². The number of carbonyl (C=O) groups is 1. The Balaban J connectivity index is 1.55. The number of ether oxygens (including phenoxy) is 4. The maximum atomic E-state index is 14.5. The van der Waals surface area contributed by atoms with Crippen LogP contribution in [-0.4, -0.2) is 65.2 Å². The molecule has 4 aromatic rings. The minimum atomic E-state index is -1.01. The minimum Gasteiger partial charge on any atom is -0.493 e. The Morgan fingerprint density at radius 2 is 1.78 bits per heavy atom. The number of esters is 1. The fourth-order valence-electron chi connectivity index (χ4n) is 6.29. The maximum Gasteiger partial charge on any atom is 0.339 e. The molecule has 0 radical (unpaired) electrons. The van der Waals surface area contributed by atoms with Crippen LogP contribution in [0.5, 0.6) is 5.75 Å². The summed E-state index contributed by atoms with van der Waals surface area (Å²) in [5, 5.41) is 5.09. The largest absolute Gasteiger partial charge is 0.493 e. The summed E-state index contributed by atoms with van der Waals surface area (Å²) in [6.45, 7) is 12.3. The second kappa shape index (κ2) is 12.6. The number of piperidine rings is 1. The molecule has 1 saturated heterocycles. The second-order valence-electron chi connectivity index (χ2n) is 13.4. The molecule has 2 aromatic carbocycles. The molecular formula is C36H43FN4O5. The van der Waals surface area contributed by atoms with Crippen molar-refractivity contribution >= 4 is 17.4 Å². The number of carbonyl (C=O) groups excluding carboxylic acids is 1. The molecule has 9 nitrogen and oxygen atoms in total. The van der Waals surface area contributed by atoms with Gasteiger partial charge in [0.05, 0.1) is 36.2 Å². The first-order valence-electron chi connectivity index (χ1n) is 16.0. The molecule has 2 aromatic heterocycles. The molecule has 0 spiro atoms. The van der Waals surface area contributed by atoms with Crippen LogP contribution in [0.4, 0.5) is 10.2 Å². The van der Waals surface area contributed by atoms with Crippen molar-refractivity contribution in [3.63, 3.8) is 0 Å². The van der Waals surface area contributed by atoms with Crippen molar-refractivity contribution in [3.05, 3.63) is 65.6 Å². The van der Waals surface area contributed by atoms with Crippen molar-refractivity contribution < 1.29 is 28.1 Å². The predicted molar refractivity (Wildman–Crippen MR) is 175 cm³/mol. The number of fused-ring (bicyclic) bond motifs is 7. The summed E-state index contributed by atoms with van der Waals surface area (Å²) in [4.78, 5) is 20.5. The summed E-state index contributed by atoms with van der Waals surface area (Å²) < 4.78 is 40.6. The van der Waals surface area contributed by atoms with Gasteiger partial charge in [-0.05, 0) is 90.1 Å². The van der Waals surface area contributed by atoms with Gasteiger partial charge >= 0.3 is 5.97 Å². The Morgan fingerprint density at radius 3 is 2.52 bits per heavy atom. The summed E-state index contributed by atoms with van der Waals surface area (Å²) in [5.74, 6) is 0.553. The number of methoxy groups -OCH3 is 1. The molecule has 0 saturated carbocycles. The zero-order chi connectivity index (χ0) is 32.6. The van der Waals surface area contributed by atoms with Gasteiger partial charge in [-0.15, -0.1) is 0 Å². The van der Waals surface area contributed by atoms with E-state index in [4.69, 9.17) is 29.0 Å². The van der Waals surface area contributed by atoms with Crippen LogP contribution in [0.15, 0.2) is 48.5 Å². The molecule has 10 heteroatoms. The fourth-order valence-corrected chi connectivity index (χ4v) is 6.29. The first-order chi connectivity index (χ1) is 21.9. The fraction of sp³-hybridized carbons (Fsp3) is 0.472. The van der Waals surface area contributed by atoms with Crippen molar-refractivity contribution in [1.29, 1.82) is 0 Å². The Labute approximate surface area is 269 Å². The molecule has 3 aliphatic rings. The van der Waals surface area contributed by atoms with Crippen molar-refractivity contribution in [3.8, 4) is 28.1 Å². The van der Waals surface area contributed by atoms with Crippen molar-refractivity contribution in [2.75, 3.05) is 38.3 Å². The van der Waals surface area contributed by atoms with Crippen LogP contribution in [0.3, 0.4) is 0 Å². The van der Waals surface area contributed by atoms with E-state index in [0.717, 1.165) is 42.6 Å². The molecule has 0 aliphatic carbocycles. The van der Waals surface area contributed by atoms with Gasteiger partial charge in [-0.25, -0.2) is 14.2 Å². The summed E-state index contributed by atoms with van der Waals surface area (Å²) in [7, 11) is 1.37. The molecule has 244 valence electrons. The van der Waals surface area contributed by atoms with E-state index in [-0.39, 0.29) is 11.4 Å². The van der Waals surface area contributed by atoms with E-state index in [1.54, 1.807) is 6.07 Å². The average molecular weight is 631 g/mol. The molecule has 5 heterocycles. The van der Waals surface area contributed by atoms with Gasteiger partial charge in [-0.3, -0.25) is 0 Å². The van der Waals surface area contributed by atoms with Gasteiger partial charge in [0.15, 0.2) is 11.8 Å². The normalized spacial score (nSPS) is 17.5. The van der Waals surface area contributed by atoms with E-state index in [0.29, 0.717) is 60.2 Å². The minimum absolute atomic E-state index is 0.288. The van der Waals surface area contributed by atoms with E-state index in [2.05, 4.69) is 11.8 Å². The SMILES string of the molecule is COC(=O)C(OC(C)(C)C)c1c(C)nc2cc3nn2c1N1CCC(C)(CC1)OCCCCOc1ccc(F)cc1-c1cccc-3c1. The van der Waals surface area contributed by atoms with Gasteiger partial charge in [0.2, 0.25) is 0 Å². The predicted octanol–water partition coefficient (Wildman–Crippen LogP) is 7.09. The summed E-state index contributed by atoms with van der Waals surface area (Å²) >= 11 is 0. The lowest BCUT2D eigenvalue weighted by molar-refractivity contribution is -0.164. The summed E-state index contributed by atoms with van der Waals surface area (Å²) in [6.07, 6.45) is 2.25. The number of hydrogen-bond acceptors (Lipinski definition) is 8. The Kier molecular flexibility index (Phi) is 8.78. The third kappa shape index (κ3) is 6.59. The van der Waals surface area contributed by atoms with Crippen LogP contribution in [0.1, 0.15) is 70.7 Å². The van der Waals surface area contributed by atoms with Gasteiger partial charge in [0.25, 0.3) is 0 Å². The van der Waals surface area contributed by atoms with E-state index < -0.39 is 17.7 Å². The first kappa shape index (κ1) is 31.9.